The summed E-state index contributed by atoms with van der Waals surface area (Å²) in [5.41, 5.74) is 14.2. The summed E-state index contributed by atoms with van der Waals surface area (Å²) < 4.78 is 2.73. The fraction of sp³-hybridized carbons (Fsp3) is 0.375. The number of H-pyrrole nitrogens is 1. The van der Waals surface area contributed by atoms with Gasteiger partial charge in [-0.1, -0.05) is 20.8 Å². The Labute approximate surface area is 153 Å². The molecule has 0 aliphatic heterocycles. The van der Waals surface area contributed by atoms with E-state index in [1.54, 1.807) is 16.9 Å². The summed E-state index contributed by atoms with van der Waals surface area (Å²) in [6, 6.07) is 0. The third-order valence-electron chi connectivity index (χ3n) is 4.53. The molecule has 0 saturated heterocycles. The molecule has 0 amide bonds. The molecule has 1 atom stereocenters. The molecule has 4 aromatic heterocycles. The van der Waals surface area contributed by atoms with Crippen molar-refractivity contribution in [2.24, 2.45) is 0 Å². The number of nitrogens with two attached hydrogens (primary N) is 2. The number of hydrogen-bond acceptors (Lipinski definition) is 8. The van der Waals surface area contributed by atoms with E-state index in [1.807, 2.05) is 6.92 Å². The molecule has 4 rings (SSSR count). The molecule has 5 N–H and O–H groups in total. The first-order valence-electron chi connectivity index (χ1n) is 8.58. The third kappa shape index (κ3) is 2.76. The summed E-state index contributed by atoms with van der Waals surface area (Å²) in [5, 5.41) is 8.35. The molecule has 4 aromatic rings. The molecule has 11 heteroatoms. The number of anilines is 2. The second-order valence-corrected chi connectivity index (χ2v) is 6.86. The predicted octanol–water partition coefficient (Wildman–Crippen LogP) is 0.489. The normalized spacial score (nSPS) is 13.0. The van der Waals surface area contributed by atoms with Gasteiger partial charge in [0, 0.05) is 17.5 Å². The molecule has 0 bridgehead atoms. The van der Waals surface area contributed by atoms with Crippen LogP contribution in [0.3, 0.4) is 0 Å². The van der Waals surface area contributed by atoms with Gasteiger partial charge in [-0.25, -0.2) is 9.78 Å². The van der Waals surface area contributed by atoms with Gasteiger partial charge in [-0.05, 0) is 11.8 Å². The molecule has 0 spiro atoms. The number of hydrogen-bond donors (Lipinski definition) is 3. The third-order valence-corrected chi connectivity index (χ3v) is 4.53. The SMILES string of the molecule is CC(C)c1cnn2c(N)nc(CC(C)c3cnn4c(=O)[nH]c(N)nc34)nc12. The van der Waals surface area contributed by atoms with E-state index in [0.717, 1.165) is 11.1 Å². The fourth-order valence-electron chi connectivity index (χ4n) is 3.11. The Hall–Kier alpha value is -3.50. The fourth-order valence-corrected chi connectivity index (χ4v) is 3.11. The highest BCUT2D eigenvalue weighted by molar-refractivity contribution is 5.52. The van der Waals surface area contributed by atoms with Gasteiger partial charge in [0.1, 0.15) is 5.82 Å². The lowest BCUT2D eigenvalue weighted by atomic mass is 10.0. The molecule has 0 saturated carbocycles. The number of nitrogen functional groups attached to an aromatic ring is 2. The molecular weight excluding hydrogens is 348 g/mol. The lowest BCUT2D eigenvalue weighted by Crippen LogP contribution is -2.20. The van der Waals surface area contributed by atoms with Gasteiger partial charge in [-0.15, -0.1) is 0 Å². The lowest BCUT2D eigenvalue weighted by Gasteiger charge is -2.10. The van der Waals surface area contributed by atoms with E-state index in [-0.39, 0.29) is 23.7 Å². The van der Waals surface area contributed by atoms with Crippen LogP contribution in [-0.4, -0.2) is 39.2 Å². The maximum atomic E-state index is 11.9. The molecule has 0 radical (unpaired) electrons. The monoisotopic (exact) mass is 368 g/mol. The summed E-state index contributed by atoms with van der Waals surface area (Å²) >= 11 is 0. The van der Waals surface area contributed by atoms with Gasteiger partial charge in [-0.3, -0.25) is 4.98 Å². The average molecular weight is 368 g/mol. The van der Waals surface area contributed by atoms with Crippen LogP contribution >= 0.6 is 0 Å². The van der Waals surface area contributed by atoms with Crippen LogP contribution in [0.2, 0.25) is 0 Å². The van der Waals surface area contributed by atoms with E-state index in [0.29, 0.717) is 23.5 Å². The Morgan fingerprint density at radius 2 is 1.67 bits per heavy atom. The summed E-state index contributed by atoms with van der Waals surface area (Å²) in [7, 11) is 0. The second kappa shape index (κ2) is 6.04. The van der Waals surface area contributed by atoms with E-state index in [1.165, 1.54) is 4.52 Å². The van der Waals surface area contributed by atoms with Crippen molar-refractivity contribution in [2.75, 3.05) is 11.5 Å². The van der Waals surface area contributed by atoms with Crippen LogP contribution in [0.4, 0.5) is 11.9 Å². The lowest BCUT2D eigenvalue weighted by molar-refractivity contribution is 0.713. The summed E-state index contributed by atoms with van der Waals surface area (Å²) in [6.45, 7) is 6.13. The van der Waals surface area contributed by atoms with Crippen LogP contribution < -0.4 is 17.2 Å². The van der Waals surface area contributed by atoms with Crippen molar-refractivity contribution in [3.8, 4) is 0 Å². The maximum Gasteiger partial charge on any atom is 0.350 e. The van der Waals surface area contributed by atoms with Crippen molar-refractivity contribution in [2.45, 2.75) is 39.0 Å². The molecule has 0 aromatic carbocycles. The van der Waals surface area contributed by atoms with Crippen molar-refractivity contribution < 1.29 is 0 Å². The van der Waals surface area contributed by atoms with Gasteiger partial charge in [0.25, 0.3) is 0 Å². The Morgan fingerprint density at radius 3 is 2.41 bits per heavy atom. The smallest absolute Gasteiger partial charge is 0.350 e. The standard InChI is InChI=1S/C16H20N10O/c1-7(2)9-5-19-25-12(9)21-11(22-15(25)18)4-8(3)10-6-20-26-13(10)23-14(17)24-16(26)27/h5-8H,4H2,1-3H3,(H2,18,21,22)(H3,17,23,24,27). The molecule has 1 unspecified atom stereocenters. The zero-order valence-electron chi connectivity index (χ0n) is 15.2. The Kier molecular flexibility index (Phi) is 3.79. The second-order valence-electron chi connectivity index (χ2n) is 6.86. The average Bonchev–Trinajstić information content (AvgIpc) is 3.19. The van der Waals surface area contributed by atoms with E-state index in [9.17, 15) is 4.79 Å². The highest BCUT2D eigenvalue weighted by Gasteiger charge is 2.19. The predicted molar refractivity (Wildman–Crippen MR) is 99.4 cm³/mol. The number of aromatic nitrogens is 8. The first kappa shape index (κ1) is 16.9. The summed E-state index contributed by atoms with van der Waals surface area (Å²) in [6.07, 6.45) is 3.88. The zero-order chi connectivity index (χ0) is 19.3. The van der Waals surface area contributed by atoms with Crippen LogP contribution in [0, 0.1) is 0 Å². The number of fused-ring (bicyclic) bond motifs is 2. The van der Waals surface area contributed by atoms with Crippen LogP contribution in [0.25, 0.3) is 11.3 Å². The minimum absolute atomic E-state index is 0.0456. The van der Waals surface area contributed by atoms with Crippen molar-refractivity contribution in [3.63, 3.8) is 0 Å². The quantitative estimate of drug-likeness (QED) is 0.469. The Bertz CT molecular complexity index is 1200. The van der Waals surface area contributed by atoms with E-state index in [2.05, 4.69) is 44.0 Å². The molecule has 11 nitrogen and oxygen atoms in total. The van der Waals surface area contributed by atoms with Gasteiger partial charge in [0.2, 0.25) is 11.9 Å². The van der Waals surface area contributed by atoms with E-state index < -0.39 is 5.69 Å². The minimum Gasteiger partial charge on any atom is -0.369 e. The van der Waals surface area contributed by atoms with Crippen molar-refractivity contribution in [1.29, 1.82) is 0 Å². The van der Waals surface area contributed by atoms with Gasteiger partial charge >= 0.3 is 5.69 Å². The number of nitrogens with zero attached hydrogens (tertiary/aromatic N) is 7. The highest BCUT2D eigenvalue weighted by atomic mass is 16.1. The molecular formula is C16H20N10O. The largest absolute Gasteiger partial charge is 0.369 e. The summed E-state index contributed by atoms with van der Waals surface area (Å²) in [4.78, 5) is 27.6. The minimum atomic E-state index is -0.432. The Balaban J connectivity index is 1.74. The molecule has 0 aliphatic rings. The first-order chi connectivity index (χ1) is 12.8. The van der Waals surface area contributed by atoms with Crippen LogP contribution in [-0.2, 0) is 6.42 Å². The summed E-state index contributed by atoms with van der Waals surface area (Å²) in [5.74, 6) is 1.13. The van der Waals surface area contributed by atoms with Gasteiger partial charge in [-0.2, -0.15) is 29.2 Å². The first-order valence-corrected chi connectivity index (χ1v) is 8.58. The van der Waals surface area contributed by atoms with Crippen molar-refractivity contribution >= 4 is 23.2 Å². The van der Waals surface area contributed by atoms with Gasteiger partial charge in [0.05, 0.1) is 12.4 Å². The van der Waals surface area contributed by atoms with Gasteiger partial charge < -0.3 is 11.5 Å². The molecule has 27 heavy (non-hydrogen) atoms. The number of nitrogens with one attached hydrogen (secondary N) is 1. The zero-order valence-corrected chi connectivity index (χ0v) is 15.2. The maximum absolute atomic E-state index is 11.9. The van der Waals surface area contributed by atoms with E-state index >= 15 is 0 Å². The molecule has 4 heterocycles. The van der Waals surface area contributed by atoms with E-state index in [4.69, 9.17) is 11.5 Å². The van der Waals surface area contributed by atoms with Crippen LogP contribution in [0.1, 0.15) is 49.6 Å². The Morgan fingerprint density at radius 1 is 1.00 bits per heavy atom. The van der Waals surface area contributed by atoms with Crippen molar-refractivity contribution in [1.82, 2.24) is 39.2 Å². The molecule has 0 fully saturated rings. The highest BCUT2D eigenvalue weighted by Crippen LogP contribution is 2.24. The molecule has 0 aliphatic carbocycles. The number of aromatic amines is 1. The van der Waals surface area contributed by atoms with Crippen molar-refractivity contribution in [3.05, 3.63) is 39.8 Å². The molecule has 140 valence electrons. The topological polar surface area (TPSA) is 158 Å². The van der Waals surface area contributed by atoms with Gasteiger partial charge in [0.15, 0.2) is 11.3 Å². The van der Waals surface area contributed by atoms with Crippen LogP contribution in [0.5, 0.6) is 0 Å². The number of rotatable bonds is 4. The van der Waals surface area contributed by atoms with Crippen LogP contribution in [0.15, 0.2) is 17.2 Å².